The highest BCUT2D eigenvalue weighted by Gasteiger charge is 2.33. The molecule has 1 fully saturated rings. The molecule has 0 aliphatic carbocycles. The first-order valence-corrected chi connectivity index (χ1v) is 16.3. The van der Waals surface area contributed by atoms with Crippen LogP contribution in [0.5, 0.6) is 0 Å². The van der Waals surface area contributed by atoms with E-state index in [1.165, 1.54) is 5.56 Å². The highest BCUT2D eigenvalue weighted by molar-refractivity contribution is 7.90. The lowest BCUT2D eigenvalue weighted by Gasteiger charge is -2.30. The number of aliphatic carboxylic acids is 1. The lowest BCUT2D eigenvalue weighted by molar-refractivity contribution is -0.139. The summed E-state index contributed by atoms with van der Waals surface area (Å²) in [5.41, 5.74) is 5.24. The summed E-state index contributed by atoms with van der Waals surface area (Å²) in [6, 6.07) is 23.2. The highest BCUT2D eigenvalue weighted by Crippen LogP contribution is 2.32. The number of hydrogen-bond acceptors (Lipinski definition) is 6. The molecule has 3 atom stereocenters. The molecule has 1 aliphatic heterocycles. The minimum Gasteiger partial charge on any atom is -0.480 e. The first-order chi connectivity index (χ1) is 20.1. The molecule has 0 radical (unpaired) electrons. The molecular weight excluding hydrogens is 552 g/mol. The fourth-order valence-corrected chi connectivity index (χ4v) is 6.44. The van der Waals surface area contributed by atoms with E-state index in [4.69, 9.17) is 4.74 Å². The first-order valence-electron chi connectivity index (χ1n) is 14.2. The molecule has 3 aromatic carbocycles. The number of nitrogens with one attached hydrogen (secondary N) is 1. The van der Waals surface area contributed by atoms with Crippen molar-refractivity contribution >= 4 is 21.7 Å². The summed E-state index contributed by atoms with van der Waals surface area (Å²) in [5, 5.41) is 12.2. The number of carbonyl (C=O) groups is 2. The van der Waals surface area contributed by atoms with E-state index in [-0.39, 0.29) is 18.2 Å². The number of carbonyl (C=O) groups excluding carboxylic acids is 1. The van der Waals surface area contributed by atoms with Crippen LogP contribution in [0.2, 0.25) is 0 Å². The van der Waals surface area contributed by atoms with Crippen LogP contribution in [0.4, 0.5) is 0 Å². The van der Waals surface area contributed by atoms with E-state index < -0.39 is 27.8 Å². The summed E-state index contributed by atoms with van der Waals surface area (Å²) in [6.45, 7) is 3.29. The van der Waals surface area contributed by atoms with Gasteiger partial charge in [-0.15, -0.1) is 0 Å². The second-order valence-corrected chi connectivity index (χ2v) is 13.4. The third-order valence-electron chi connectivity index (χ3n) is 7.95. The number of carboxylic acids is 1. The lowest BCUT2D eigenvalue weighted by atomic mass is 9.93. The summed E-state index contributed by atoms with van der Waals surface area (Å²) >= 11 is 0. The van der Waals surface area contributed by atoms with Gasteiger partial charge in [-0.3, -0.25) is 9.69 Å². The van der Waals surface area contributed by atoms with Crippen LogP contribution in [0.25, 0.3) is 11.1 Å². The summed E-state index contributed by atoms with van der Waals surface area (Å²) < 4.78 is 28.9. The van der Waals surface area contributed by atoms with Crippen molar-refractivity contribution in [2.24, 2.45) is 0 Å². The average Bonchev–Trinajstić information content (AvgIpc) is 3.31. The Morgan fingerprint density at radius 1 is 0.976 bits per heavy atom. The Balaban J connectivity index is 1.65. The molecule has 3 aromatic rings. The maximum Gasteiger partial charge on any atom is 0.326 e. The van der Waals surface area contributed by atoms with Gasteiger partial charge in [0.1, 0.15) is 15.9 Å². The Kier molecular flexibility index (Phi) is 10.5. The Morgan fingerprint density at radius 2 is 1.67 bits per heavy atom. The maximum atomic E-state index is 13.5. The summed E-state index contributed by atoms with van der Waals surface area (Å²) in [6.07, 6.45) is 3.88. The molecule has 42 heavy (non-hydrogen) atoms. The van der Waals surface area contributed by atoms with Crippen molar-refractivity contribution in [2.45, 2.75) is 57.3 Å². The monoisotopic (exact) mass is 592 g/mol. The van der Waals surface area contributed by atoms with Crippen LogP contribution in [-0.4, -0.2) is 74.2 Å². The molecule has 0 unspecified atom stereocenters. The van der Waals surface area contributed by atoms with E-state index >= 15 is 0 Å². The molecule has 0 spiro atoms. The largest absolute Gasteiger partial charge is 0.480 e. The van der Waals surface area contributed by atoms with Gasteiger partial charge in [0, 0.05) is 37.6 Å². The van der Waals surface area contributed by atoms with Crippen molar-refractivity contribution in [3.8, 4) is 11.1 Å². The zero-order chi connectivity index (χ0) is 30.3. The van der Waals surface area contributed by atoms with E-state index in [1.54, 1.807) is 13.2 Å². The predicted octanol–water partition coefficient (Wildman–Crippen LogP) is 4.50. The molecule has 0 saturated carbocycles. The Hall–Kier alpha value is -3.53. The molecule has 1 amide bonds. The van der Waals surface area contributed by atoms with E-state index in [0.717, 1.165) is 42.2 Å². The highest BCUT2D eigenvalue weighted by atomic mass is 32.2. The lowest BCUT2D eigenvalue weighted by Crippen LogP contribution is -2.42. The van der Waals surface area contributed by atoms with Crippen molar-refractivity contribution in [3.63, 3.8) is 0 Å². The predicted molar refractivity (Wildman–Crippen MR) is 164 cm³/mol. The number of benzene rings is 3. The molecule has 1 aliphatic rings. The molecule has 2 N–H and O–H groups in total. The molecule has 224 valence electrons. The fourth-order valence-electron chi connectivity index (χ4n) is 5.77. The second-order valence-electron chi connectivity index (χ2n) is 11.2. The van der Waals surface area contributed by atoms with Gasteiger partial charge in [0.25, 0.3) is 5.91 Å². The van der Waals surface area contributed by atoms with Crippen molar-refractivity contribution in [1.82, 2.24) is 10.2 Å². The van der Waals surface area contributed by atoms with Gasteiger partial charge in [0.2, 0.25) is 0 Å². The zero-order valence-electron chi connectivity index (χ0n) is 24.5. The van der Waals surface area contributed by atoms with Crippen LogP contribution in [0.15, 0.2) is 72.8 Å². The van der Waals surface area contributed by atoms with Crippen LogP contribution in [0.3, 0.4) is 0 Å². The number of hydrogen-bond donors (Lipinski definition) is 2. The number of likely N-dealkylation sites (tertiary alicyclic amines) is 1. The number of carboxylic acid groups (broad SMARTS) is 1. The number of ether oxygens (including phenoxy) is 1. The second kappa shape index (κ2) is 14.1. The Morgan fingerprint density at radius 3 is 2.33 bits per heavy atom. The summed E-state index contributed by atoms with van der Waals surface area (Å²) in [7, 11) is -1.66. The van der Waals surface area contributed by atoms with Crippen LogP contribution in [0.1, 0.15) is 46.3 Å². The average molecular weight is 593 g/mol. The summed E-state index contributed by atoms with van der Waals surface area (Å²) in [5.74, 6) is -2.17. The zero-order valence-corrected chi connectivity index (χ0v) is 25.3. The van der Waals surface area contributed by atoms with Gasteiger partial charge in [0.15, 0.2) is 0 Å². The number of nitrogens with zero attached hydrogens (tertiary/aromatic N) is 1. The van der Waals surface area contributed by atoms with Crippen LogP contribution in [-0.2, 0) is 32.3 Å². The molecule has 1 saturated heterocycles. The smallest absolute Gasteiger partial charge is 0.326 e. The molecule has 8 nitrogen and oxygen atoms in total. The standard InChI is InChI=1S/C33H40N2O6S/c1-23-9-7-8-12-28(23)30-20-25(13-16-29(30)32(36)34-31(33(37)38)17-18-42(3,39)40)21-35-26(14-15-27(35)22-41-2)19-24-10-5-4-6-11-24/h4-13,16,20,26-27,31H,14-15,17-19,21-22H2,1-3H3,(H,34,36)(H,37,38)/t26-,27+,31+/m1/s1. The van der Waals surface area contributed by atoms with Crippen LogP contribution < -0.4 is 5.32 Å². The maximum absolute atomic E-state index is 13.5. The van der Waals surface area contributed by atoms with E-state index in [1.807, 2.05) is 49.4 Å². The van der Waals surface area contributed by atoms with Crippen molar-refractivity contribution < 1.29 is 27.9 Å². The molecule has 4 rings (SSSR count). The third-order valence-corrected chi connectivity index (χ3v) is 8.93. The van der Waals surface area contributed by atoms with E-state index in [9.17, 15) is 23.1 Å². The minimum absolute atomic E-state index is 0.212. The van der Waals surface area contributed by atoms with Gasteiger partial charge >= 0.3 is 5.97 Å². The normalized spacial score (nSPS) is 18.1. The number of aryl methyl sites for hydroxylation is 1. The number of sulfone groups is 1. The molecule has 1 heterocycles. The minimum atomic E-state index is -3.39. The number of rotatable bonds is 13. The topological polar surface area (TPSA) is 113 Å². The van der Waals surface area contributed by atoms with Gasteiger partial charge in [-0.2, -0.15) is 0 Å². The first kappa shape index (κ1) is 31.4. The van der Waals surface area contributed by atoms with Gasteiger partial charge in [0.05, 0.1) is 12.4 Å². The molecule has 0 bridgehead atoms. The van der Waals surface area contributed by atoms with Gasteiger partial charge in [-0.25, -0.2) is 13.2 Å². The van der Waals surface area contributed by atoms with E-state index in [0.29, 0.717) is 30.3 Å². The Bertz CT molecular complexity index is 1490. The SMILES string of the molecule is COC[C@@H]1CC[C@H](Cc2ccccc2)N1Cc1ccc(C(=O)N[C@@H](CCS(C)(=O)=O)C(=O)O)c(-c2ccccc2C)c1. The quantitative estimate of drug-likeness (QED) is 0.301. The number of amides is 1. The van der Waals surface area contributed by atoms with Crippen molar-refractivity contribution in [3.05, 3.63) is 95.1 Å². The number of methoxy groups -OCH3 is 1. The van der Waals surface area contributed by atoms with Crippen molar-refractivity contribution in [1.29, 1.82) is 0 Å². The fraction of sp³-hybridized carbons (Fsp3) is 0.394. The van der Waals surface area contributed by atoms with Gasteiger partial charge in [-0.1, -0.05) is 60.7 Å². The van der Waals surface area contributed by atoms with Gasteiger partial charge < -0.3 is 15.2 Å². The third kappa shape index (κ3) is 8.27. The summed E-state index contributed by atoms with van der Waals surface area (Å²) in [4.78, 5) is 27.8. The van der Waals surface area contributed by atoms with Gasteiger partial charge in [-0.05, 0) is 72.6 Å². The van der Waals surface area contributed by atoms with Crippen LogP contribution >= 0.6 is 0 Å². The molecule has 9 heteroatoms. The van der Waals surface area contributed by atoms with Crippen molar-refractivity contribution in [2.75, 3.05) is 25.7 Å². The molecular formula is C33H40N2O6S. The van der Waals surface area contributed by atoms with Crippen LogP contribution in [0, 0.1) is 6.92 Å². The van der Waals surface area contributed by atoms with E-state index in [2.05, 4.69) is 34.5 Å². The molecule has 0 aromatic heterocycles. The Labute approximate surface area is 248 Å².